The number of nitrogens with one attached hydrogen (secondary N) is 1. The lowest BCUT2D eigenvalue weighted by molar-refractivity contribution is -0.903. The molecule has 0 heterocycles. The van der Waals surface area contributed by atoms with E-state index in [2.05, 4.69) is 6.58 Å². The zero-order chi connectivity index (χ0) is 15.5. The molecule has 4 N–H and O–H groups in total. The molecule has 0 radical (unpaired) electrons. The maximum atomic E-state index is 10.0. The number of hydrogen-bond acceptors (Lipinski definition) is 4. The number of benzene rings is 1. The smallest absolute Gasteiger partial charge is 0.137 e. The van der Waals surface area contributed by atoms with Gasteiger partial charge in [0.2, 0.25) is 0 Å². The van der Waals surface area contributed by atoms with Gasteiger partial charge in [0.05, 0.1) is 13.2 Å². The quantitative estimate of drug-likeness (QED) is 0.396. The monoisotopic (exact) mass is 296 g/mol. The van der Waals surface area contributed by atoms with E-state index in [-0.39, 0.29) is 19.8 Å². The van der Waals surface area contributed by atoms with Gasteiger partial charge in [-0.05, 0) is 18.1 Å². The maximum Gasteiger partial charge on any atom is 0.137 e. The van der Waals surface area contributed by atoms with E-state index in [4.69, 9.17) is 14.9 Å². The molecule has 0 aliphatic heterocycles. The minimum atomic E-state index is -0.644. The number of para-hydroxylation sites is 1. The Hall–Kier alpha value is -1.40. The Bertz CT molecular complexity index is 405. The molecule has 21 heavy (non-hydrogen) atoms. The molecule has 0 bridgehead atoms. The predicted octanol–water partition coefficient (Wildman–Crippen LogP) is -0.976. The summed E-state index contributed by atoms with van der Waals surface area (Å²) in [7, 11) is 0. The summed E-state index contributed by atoms with van der Waals surface area (Å²) in [5, 5.41) is 27.9. The zero-order valence-electron chi connectivity index (χ0n) is 12.4. The molecule has 0 amide bonds. The SMILES string of the molecule is C=CCc1ccccc1OC[C@@H](O)C[NH+](CCO)CCO. The largest absolute Gasteiger partial charge is 0.490 e. The Balaban J connectivity index is 2.48. The zero-order valence-corrected chi connectivity index (χ0v) is 12.4. The second kappa shape index (κ2) is 10.3. The van der Waals surface area contributed by atoms with Crippen LogP contribution in [0.4, 0.5) is 0 Å². The molecule has 1 atom stereocenters. The molecule has 0 fully saturated rings. The van der Waals surface area contributed by atoms with Crippen LogP contribution in [0.25, 0.3) is 0 Å². The first kappa shape index (κ1) is 17.7. The Labute approximate surface area is 126 Å². The molecule has 1 aromatic carbocycles. The first-order chi connectivity index (χ1) is 10.2. The van der Waals surface area contributed by atoms with Gasteiger partial charge in [0.1, 0.15) is 38.1 Å². The van der Waals surface area contributed by atoms with Gasteiger partial charge in [-0.1, -0.05) is 24.3 Å². The highest BCUT2D eigenvalue weighted by atomic mass is 16.5. The van der Waals surface area contributed by atoms with E-state index in [1.54, 1.807) is 0 Å². The highest BCUT2D eigenvalue weighted by Crippen LogP contribution is 2.18. The van der Waals surface area contributed by atoms with Crippen molar-refractivity contribution in [3.63, 3.8) is 0 Å². The van der Waals surface area contributed by atoms with Crippen LogP contribution in [0.1, 0.15) is 5.56 Å². The first-order valence-electron chi connectivity index (χ1n) is 7.26. The molecule has 1 rings (SSSR count). The Morgan fingerprint density at radius 1 is 1.19 bits per heavy atom. The van der Waals surface area contributed by atoms with Crippen LogP contribution in [0, 0.1) is 0 Å². The van der Waals surface area contributed by atoms with E-state index < -0.39 is 6.10 Å². The molecular weight excluding hydrogens is 270 g/mol. The topological polar surface area (TPSA) is 74.4 Å². The van der Waals surface area contributed by atoms with Gasteiger partial charge in [-0.2, -0.15) is 0 Å². The van der Waals surface area contributed by atoms with Gasteiger partial charge < -0.3 is 25.0 Å². The van der Waals surface area contributed by atoms with E-state index in [1.165, 1.54) is 0 Å². The van der Waals surface area contributed by atoms with Gasteiger partial charge in [-0.3, -0.25) is 0 Å². The Morgan fingerprint density at radius 2 is 1.86 bits per heavy atom. The lowest BCUT2D eigenvalue weighted by Crippen LogP contribution is -3.14. The van der Waals surface area contributed by atoms with Crippen molar-refractivity contribution in [3.05, 3.63) is 42.5 Å². The van der Waals surface area contributed by atoms with Gasteiger partial charge in [-0.15, -0.1) is 6.58 Å². The van der Waals surface area contributed by atoms with E-state index in [0.29, 0.717) is 19.6 Å². The minimum absolute atomic E-state index is 0.0328. The third kappa shape index (κ3) is 6.73. The number of rotatable bonds is 11. The summed E-state index contributed by atoms with van der Waals surface area (Å²) in [4.78, 5) is 0.954. The molecule has 1 aromatic rings. The predicted molar refractivity (Wildman–Crippen MR) is 81.6 cm³/mol. The van der Waals surface area contributed by atoms with Crippen molar-refractivity contribution in [3.8, 4) is 5.75 Å². The van der Waals surface area contributed by atoms with E-state index in [1.807, 2.05) is 30.3 Å². The number of allylic oxidation sites excluding steroid dienone is 1. The molecule has 0 spiro atoms. The van der Waals surface area contributed by atoms with Crippen LogP contribution in [0.3, 0.4) is 0 Å². The fraction of sp³-hybridized carbons (Fsp3) is 0.500. The number of aliphatic hydroxyl groups excluding tert-OH is 3. The molecule has 0 aliphatic carbocycles. The molecular formula is C16H26NO4+. The summed E-state index contributed by atoms with van der Waals surface area (Å²) in [6.07, 6.45) is 1.89. The normalized spacial score (nSPS) is 12.4. The summed E-state index contributed by atoms with van der Waals surface area (Å²) < 4.78 is 5.67. The summed E-state index contributed by atoms with van der Waals surface area (Å²) in [6, 6.07) is 7.68. The molecule has 118 valence electrons. The second-order valence-electron chi connectivity index (χ2n) is 4.97. The molecule has 0 aliphatic rings. The van der Waals surface area contributed by atoms with Gasteiger partial charge in [0.25, 0.3) is 0 Å². The van der Waals surface area contributed by atoms with Crippen molar-refractivity contribution in [1.29, 1.82) is 0 Å². The van der Waals surface area contributed by atoms with Crippen LogP contribution in [0.5, 0.6) is 5.75 Å². The van der Waals surface area contributed by atoms with Crippen molar-refractivity contribution in [1.82, 2.24) is 0 Å². The van der Waals surface area contributed by atoms with Crippen molar-refractivity contribution in [2.75, 3.05) is 39.5 Å². The molecule has 5 nitrogen and oxygen atoms in total. The Morgan fingerprint density at radius 3 is 2.48 bits per heavy atom. The van der Waals surface area contributed by atoms with Gasteiger partial charge in [-0.25, -0.2) is 0 Å². The maximum absolute atomic E-state index is 10.0. The van der Waals surface area contributed by atoms with E-state index in [9.17, 15) is 5.11 Å². The van der Waals surface area contributed by atoms with Crippen LogP contribution in [-0.4, -0.2) is 60.9 Å². The average Bonchev–Trinajstić information content (AvgIpc) is 2.47. The van der Waals surface area contributed by atoms with Crippen molar-refractivity contribution in [2.24, 2.45) is 0 Å². The first-order valence-corrected chi connectivity index (χ1v) is 7.26. The summed E-state index contributed by atoms with van der Waals surface area (Å²) in [5.74, 6) is 0.752. The van der Waals surface area contributed by atoms with Gasteiger partial charge >= 0.3 is 0 Å². The minimum Gasteiger partial charge on any atom is -0.490 e. The summed E-state index contributed by atoms with van der Waals surface area (Å²) >= 11 is 0. The molecule has 0 saturated carbocycles. The number of aliphatic hydroxyl groups is 3. The second-order valence-corrected chi connectivity index (χ2v) is 4.97. The van der Waals surface area contributed by atoms with Crippen LogP contribution < -0.4 is 9.64 Å². The van der Waals surface area contributed by atoms with Crippen LogP contribution >= 0.6 is 0 Å². The number of quaternary nitrogens is 1. The highest BCUT2D eigenvalue weighted by Gasteiger charge is 2.15. The fourth-order valence-corrected chi connectivity index (χ4v) is 2.19. The summed E-state index contributed by atoms with van der Waals surface area (Å²) in [5.41, 5.74) is 1.04. The number of ether oxygens (including phenoxy) is 1. The van der Waals surface area contributed by atoms with Crippen LogP contribution in [-0.2, 0) is 6.42 Å². The highest BCUT2D eigenvalue weighted by molar-refractivity contribution is 5.34. The molecule has 0 aromatic heterocycles. The Kier molecular flexibility index (Phi) is 8.69. The fourth-order valence-electron chi connectivity index (χ4n) is 2.19. The standard InChI is InChI=1S/C16H25NO4/c1-2-5-14-6-3-4-7-16(14)21-13-15(20)12-17(8-10-18)9-11-19/h2-4,6-7,15,18-20H,1,5,8-13H2/p+1/t15-/m0/s1. The lowest BCUT2D eigenvalue weighted by Gasteiger charge is -2.21. The van der Waals surface area contributed by atoms with Crippen molar-refractivity contribution >= 4 is 0 Å². The number of hydrogen-bond donors (Lipinski definition) is 4. The van der Waals surface area contributed by atoms with E-state index >= 15 is 0 Å². The molecule has 0 unspecified atom stereocenters. The molecule has 0 saturated heterocycles. The van der Waals surface area contributed by atoms with E-state index in [0.717, 1.165) is 22.6 Å². The van der Waals surface area contributed by atoms with Crippen molar-refractivity contribution in [2.45, 2.75) is 12.5 Å². The van der Waals surface area contributed by atoms with Gasteiger partial charge in [0.15, 0.2) is 0 Å². The molecule has 5 heteroatoms. The summed E-state index contributed by atoms with van der Waals surface area (Å²) in [6.45, 7) is 5.42. The van der Waals surface area contributed by atoms with Crippen LogP contribution in [0.2, 0.25) is 0 Å². The third-order valence-corrected chi connectivity index (χ3v) is 3.22. The average molecular weight is 296 g/mol. The lowest BCUT2D eigenvalue weighted by atomic mass is 10.1. The third-order valence-electron chi connectivity index (χ3n) is 3.22. The van der Waals surface area contributed by atoms with Gasteiger partial charge in [0, 0.05) is 0 Å². The van der Waals surface area contributed by atoms with Crippen LogP contribution in [0.15, 0.2) is 36.9 Å². The van der Waals surface area contributed by atoms with Crippen molar-refractivity contribution < 1.29 is 25.0 Å².